The van der Waals surface area contributed by atoms with Gasteiger partial charge in [0.05, 0.1) is 11.8 Å². The average Bonchev–Trinajstić information content (AvgIpc) is 3.63. The van der Waals surface area contributed by atoms with Crippen molar-refractivity contribution < 1.29 is 47.1 Å². The summed E-state index contributed by atoms with van der Waals surface area (Å²) >= 11 is 0. The standard InChI is InChI=1S/2C12H12O5/c2*13-6-10-3-4-11(17-10)7-16-12(15)8-1-2-9(14)5-8/h2*3-4,6,8H,1-2,5,7H2/t2*8-/m10/s1. The summed E-state index contributed by atoms with van der Waals surface area (Å²) in [6, 6.07) is 6.18. The van der Waals surface area contributed by atoms with E-state index in [-0.39, 0.29) is 72.9 Å². The Hall–Kier alpha value is -3.82. The minimum absolute atomic E-state index is 0.00262. The highest BCUT2D eigenvalue weighted by Crippen LogP contribution is 2.24. The molecule has 10 heteroatoms. The molecule has 2 aliphatic rings. The van der Waals surface area contributed by atoms with E-state index in [2.05, 4.69) is 0 Å². The number of Topliss-reactive ketones (excluding diaryl/α,β-unsaturated/α-hetero) is 2. The molecule has 0 saturated heterocycles. The number of hydrogen-bond donors (Lipinski definition) is 0. The normalized spacial score (nSPS) is 19.3. The number of esters is 2. The second-order valence-electron chi connectivity index (χ2n) is 8.02. The van der Waals surface area contributed by atoms with Gasteiger partial charge in [-0.3, -0.25) is 28.8 Å². The smallest absolute Gasteiger partial charge is 0.309 e. The van der Waals surface area contributed by atoms with Gasteiger partial charge >= 0.3 is 11.9 Å². The van der Waals surface area contributed by atoms with E-state index in [1.165, 1.54) is 12.1 Å². The molecule has 2 saturated carbocycles. The number of ether oxygens (including phenoxy) is 2. The van der Waals surface area contributed by atoms with E-state index in [1.807, 2.05) is 0 Å². The molecule has 2 heterocycles. The van der Waals surface area contributed by atoms with Crippen LogP contribution in [0.25, 0.3) is 0 Å². The lowest BCUT2D eigenvalue weighted by molar-refractivity contribution is -0.151. The third-order valence-electron chi connectivity index (χ3n) is 5.47. The van der Waals surface area contributed by atoms with E-state index >= 15 is 0 Å². The molecule has 0 aromatic carbocycles. The van der Waals surface area contributed by atoms with Crippen LogP contribution < -0.4 is 0 Å². The van der Waals surface area contributed by atoms with Crippen molar-refractivity contribution >= 4 is 36.1 Å². The summed E-state index contributed by atoms with van der Waals surface area (Å²) in [7, 11) is 0. The van der Waals surface area contributed by atoms with Crippen molar-refractivity contribution in [2.75, 3.05) is 0 Å². The first-order valence-corrected chi connectivity index (χ1v) is 10.8. The Balaban J connectivity index is 0.000000191. The summed E-state index contributed by atoms with van der Waals surface area (Å²) < 4.78 is 20.1. The molecule has 2 aliphatic carbocycles. The molecule has 180 valence electrons. The largest absolute Gasteiger partial charge is 0.457 e. The molecule has 34 heavy (non-hydrogen) atoms. The molecule has 2 atom stereocenters. The van der Waals surface area contributed by atoms with Crippen LogP contribution in [0, 0.1) is 11.8 Å². The van der Waals surface area contributed by atoms with E-state index in [0.717, 1.165) is 0 Å². The zero-order valence-electron chi connectivity index (χ0n) is 18.4. The van der Waals surface area contributed by atoms with Gasteiger partial charge in [0.1, 0.15) is 36.3 Å². The van der Waals surface area contributed by atoms with Gasteiger partial charge in [-0.2, -0.15) is 0 Å². The van der Waals surface area contributed by atoms with E-state index in [1.54, 1.807) is 12.1 Å². The summed E-state index contributed by atoms with van der Waals surface area (Å²) in [6.45, 7) is -0.00523. The molecule has 2 aromatic rings. The van der Waals surface area contributed by atoms with E-state index in [0.29, 0.717) is 49.8 Å². The fraction of sp³-hybridized carbons (Fsp3) is 0.417. The van der Waals surface area contributed by atoms with Crippen LogP contribution in [0.15, 0.2) is 33.1 Å². The number of aldehydes is 2. The van der Waals surface area contributed by atoms with Crippen LogP contribution in [-0.2, 0) is 41.9 Å². The highest BCUT2D eigenvalue weighted by atomic mass is 16.5. The molecule has 0 aliphatic heterocycles. The van der Waals surface area contributed by atoms with E-state index < -0.39 is 0 Å². The Labute approximate surface area is 194 Å². The fourth-order valence-electron chi connectivity index (χ4n) is 3.62. The van der Waals surface area contributed by atoms with Crippen molar-refractivity contribution in [2.24, 2.45) is 11.8 Å². The van der Waals surface area contributed by atoms with Gasteiger partial charge in [0.25, 0.3) is 0 Å². The van der Waals surface area contributed by atoms with Gasteiger partial charge in [-0.05, 0) is 37.1 Å². The monoisotopic (exact) mass is 472 g/mol. The molecule has 0 spiro atoms. The lowest BCUT2D eigenvalue weighted by atomic mass is 10.1. The van der Waals surface area contributed by atoms with Crippen LogP contribution in [0.2, 0.25) is 0 Å². The zero-order valence-corrected chi connectivity index (χ0v) is 18.4. The Morgan fingerprint density at radius 2 is 1.18 bits per heavy atom. The van der Waals surface area contributed by atoms with E-state index in [9.17, 15) is 28.8 Å². The summed E-state index contributed by atoms with van der Waals surface area (Å²) in [5.74, 6) is 0.0703. The van der Waals surface area contributed by atoms with Crippen LogP contribution >= 0.6 is 0 Å². The first-order chi connectivity index (χ1) is 16.4. The average molecular weight is 472 g/mol. The van der Waals surface area contributed by atoms with Crippen molar-refractivity contribution in [2.45, 2.75) is 51.7 Å². The van der Waals surface area contributed by atoms with Gasteiger partial charge in [-0.15, -0.1) is 0 Å². The number of ketones is 2. The molecular weight excluding hydrogens is 448 g/mol. The number of carbonyl (C=O) groups excluding carboxylic acids is 6. The van der Waals surface area contributed by atoms with Gasteiger partial charge in [0.15, 0.2) is 24.1 Å². The van der Waals surface area contributed by atoms with Crippen LogP contribution in [0.5, 0.6) is 0 Å². The highest BCUT2D eigenvalue weighted by Gasteiger charge is 2.30. The van der Waals surface area contributed by atoms with Gasteiger partial charge in [-0.25, -0.2) is 0 Å². The quantitative estimate of drug-likeness (QED) is 0.415. The maximum absolute atomic E-state index is 11.6. The van der Waals surface area contributed by atoms with E-state index in [4.69, 9.17) is 18.3 Å². The molecule has 0 bridgehead atoms. The molecule has 0 N–H and O–H groups in total. The maximum atomic E-state index is 11.6. The lowest BCUT2D eigenvalue weighted by Gasteiger charge is -2.07. The molecule has 0 amide bonds. The minimum Gasteiger partial charge on any atom is -0.457 e. The predicted molar refractivity (Wildman–Crippen MR) is 112 cm³/mol. The minimum atomic E-state index is -0.375. The summed E-state index contributed by atoms with van der Waals surface area (Å²) in [4.78, 5) is 65.9. The Bertz CT molecular complexity index is 975. The van der Waals surface area contributed by atoms with Gasteiger partial charge < -0.3 is 18.3 Å². The van der Waals surface area contributed by atoms with Gasteiger partial charge in [0, 0.05) is 25.7 Å². The number of furan rings is 2. The fourth-order valence-corrected chi connectivity index (χ4v) is 3.62. The van der Waals surface area contributed by atoms with Crippen molar-refractivity contribution in [1.29, 1.82) is 0 Å². The zero-order chi connectivity index (χ0) is 24.5. The van der Waals surface area contributed by atoms with Crippen LogP contribution in [0.3, 0.4) is 0 Å². The van der Waals surface area contributed by atoms with Crippen molar-refractivity contribution in [3.8, 4) is 0 Å². The van der Waals surface area contributed by atoms with Gasteiger partial charge in [0.2, 0.25) is 0 Å². The number of carbonyl (C=O) groups is 6. The SMILES string of the molecule is O=Cc1ccc(COC(=O)[C@@H]2CCC(=O)C2)o1.O=Cc1ccc(COC(=O)[C@H]2CCC(=O)C2)o1. The second-order valence-corrected chi connectivity index (χ2v) is 8.02. The first-order valence-electron chi connectivity index (χ1n) is 10.8. The molecule has 0 radical (unpaired) electrons. The van der Waals surface area contributed by atoms with Crippen molar-refractivity contribution in [1.82, 2.24) is 0 Å². The highest BCUT2D eigenvalue weighted by molar-refractivity contribution is 5.88. The van der Waals surface area contributed by atoms with Crippen LogP contribution in [0.1, 0.15) is 71.2 Å². The topological polar surface area (TPSA) is 147 Å². The molecule has 2 aromatic heterocycles. The molecule has 0 unspecified atom stereocenters. The summed E-state index contributed by atoms with van der Waals surface area (Å²) in [6.07, 6.45) is 3.76. The third kappa shape index (κ3) is 7.09. The van der Waals surface area contributed by atoms with Crippen molar-refractivity contribution in [3.05, 3.63) is 47.3 Å². The Morgan fingerprint density at radius 3 is 1.47 bits per heavy atom. The summed E-state index contributed by atoms with van der Waals surface area (Å²) in [5, 5.41) is 0. The Kier molecular flexibility index (Phi) is 8.66. The molecule has 4 rings (SSSR count). The molecular formula is C24H24O10. The first kappa shape index (κ1) is 24.8. The predicted octanol–water partition coefficient (Wildman–Crippen LogP) is 3.01. The second kappa shape index (κ2) is 11.9. The lowest BCUT2D eigenvalue weighted by Crippen LogP contribution is -2.14. The van der Waals surface area contributed by atoms with Crippen LogP contribution in [0.4, 0.5) is 0 Å². The molecule has 2 fully saturated rings. The molecule has 10 nitrogen and oxygen atoms in total. The summed E-state index contributed by atoms with van der Waals surface area (Å²) in [5.41, 5.74) is 0. The Morgan fingerprint density at radius 1 is 0.765 bits per heavy atom. The number of hydrogen-bond acceptors (Lipinski definition) is 10. The van der Waals surface area contributed by atoms with Crippen molar-refractivity contribution in [3.63, 3.8) is 0 Å². The third-order valence-corrected chi connectivity index (χ3v) is 5.47. The maximum Gasteiger partial charge on any atom is 0.309 e. The van der Waals surface area contributed by atoms with Gasteiger partial charge in [-0.1, -0.05) is 0 Å². The van der Waals surface area contributed by atoms with Crippen LogP contribution in [-0.4, -0.2) is 36.1 Å². The number of rotatable bonds is 8.